The van der Waals surface area contributed by atoms with Crippen LogP contribution >= 0.6 is 11.3 Å². The van der Waals surface area contributed by atoms with E-state index in [1.54, 1.807) is 5.38 Å². The molecule has 0 spiro atoms. The standard InChI is InChI=1S/C7H11N3O2S/c8-6(11)1-2-9-3-5-4-13-7(12)10-5/h4,9H,1-3H2,(H2,8,11)(H,10,12). The molecule has 72 valence electrons. The fourth-order valence-electron chi connectivity index (χ4n) is 0.835. The van der Waals surface area contributed by atoms with Crippen LogP contribution in [0.4, 0.5) is 0 Å². The van der Waals surface area contributed by atoms with Crippen molar-refractivity contribution in [1.29, 1.82) is 0 Å². The number of nitrogens with one attached hydrogen (secondary N) is 2. The highest BCUT2D eigenvalue weighted by atomic mass is 32.1. The van der Waals surface area contributed by atoms with Crippen molar-refractivity contribution in [3.05, 3.63) is 20.7 Å². The fourth-order valence-corrected chi connectivity index (χ4v) is 1.42. The van der Waals surface area contributed by atoms with Gasteiger partial charge in [-0.05, 0) is 0 Å². The molecule has 1 heterocycles. The van der Waals surface area contributed by atoms with Crippen LogP contribution in [0.2, 0.25) is 0 Å². The second-order valence-electron chi connectivity index (χ2n) is 2.57. The monoisotopic (exact) mass is 201 g/mol. The van der Waals surface area contributed by atoms with Gasteiger partial charge in [-0.15, -0.1) is 0 Å². The smallest absolute Gasteiger partial charge is 0.304 e. The van der Waals surface area contributed by atoms with Crippen LogP contribution in [0.15, 0.2) is 10.2 Å². The lowest BCUT2D eigenvalue weighted by molar-refractivity contribution is -0.117. The van der Waals surface area contributed by atoms with Crippen molar-refractivity contribution in [2.24, 2.45) is 5.73 Å². The Balaban J connectivity index is 2.20. The van der Waals surface area contributed by atoms with Crippen molar-refractivity contribution >= 4 is 17.2 Å². The van der Waals surface area contributed by atoms with Gasteiger partial charge in [0.1, 0.15) is 0 Å². The van der Waals surface area contributed by atoms with Crippen LogP contribution in [-0.4, -0.2) is 17.4 Å². The molecular formula is C7H11N3O2S. The highest BCUT2D eigenvalue weighted by Gasteiger charge is 1.96. The Morgan fingerprint density at radius 2 is 2.46 bits per heavy atom. The van der Waals surface area contributed by atoms with E-state index in [2.05, 4.69) is 10.3 Å². The van der Waals surface area contributed by atoms with Crippen molar-refractivity contribution in [3.8, 4) is 0 Å². The number of carbonyl (C=O) groups excluding carboxylic acids is 1. The lowest BCUT2D eigenvalue weighted by Gasteiger charge is -1.99. The Labute approximate surface area is 79.0 Å². The summed E-state index contributed by atoms with van der Waals surface area (Å²) in [7, 11) is 0. The Hall–Kier alpha value is -1.14. The number of aromatic amines is 1. The molecule has 0 unspecified atom stereocenters. The molecule has 6 heteroatoms. The molecule has 0 fully saturated rings. The summed E-state index contributed by atoms with van der Waals surface area (Å²) < 4.78 is 0. The molecule has 0 saturated carbocycles. The quantitative estimate of drug-likeness (QED) is 0.556. The van der Waals surface area contributed by atoms with Crippen LogP contribution in [0.3, 0.4) is 0 Å². The van der Waals surface area contributed by atoms with Gasteiger partial charge in [-0.2, -0.15) is 0 Å². The number of H-pyrrole nitrogens is 1. The molecule has 0 aliphatic rings. The first-order chi connectivity index (χ1) is 6.18. The van der Waals surface area contributed by atoms with Gasteiger partial charge in [0.05, 0.1) is 0 Å². The van der Waals surface area contributed by atoms with Crippen LogP contribution in [0.25, 0.3) is 0 Å². The van der Waals surface area contributed by atoms with Gasteiger partial charge >= 0.3 is 4.87 Å². The van der Waals surface area contributed by atoms with Gasteiger partial charge in [-0.1, -0.05) is 11.3 Å². The van der Waals surface area contributed by atoms with E-state index >= 15 is 0 Å². The highest BCUT2D eigenvalue weighted by molar-refractivity contribution is 7.07. The van der Waals surface area contributed by atoms with E-state index in [0.29, 0.717) is 19.5 Å². The molecule has 4 N–H and O–H groups in total. The zero-order chi connectivity index (χ0) is 9.68. The molecule has 0 aliphatic heterocycles. The summed E-state index contributed by atoms with van der Waals surface area (Å²) in [5.74, 6) is -0.327. The van der Waals surface area contributed by atoms with E-state index in [9.17, 15) is 9.59 Å². The molecule has 13 heavy (non-hydrogen) atoms. The predicted octanol–water partition coefficient (Wildman–Crippen LogP) is -0.599. The summed E-state index contributed by atoms with van der Waals surface area (Å²) in [6.07, 6.45) is 0.314. The number of hydrogen-bond acceptors (Lipinski definition) is 4. The Kier molecular flexibility index (Phi) is 3.66. The summed E-state index contributed by atoms with van der Waals surface area (Å²) in [5.41, 5.74) is 5.77. The van der Waals surface area contributed by atoms with Gasteiger partial charge < -0.3 is 16.0 Å². The molecule has 0 atom stereocenters. The number of primary amides is 1. The first-order valence-electron chi connectivity index (χ1n) is 3.84. The molecule has 5 nitrogen and oxygen atoms in total. The molecular weight excluding hydrogens is 190 g/mol. The normalized spacial score (nSPS) is 10.2. The lowest BCUT2D eigenvalue weighted by atomic mass is 10.4. The molecule has 1 aromatic rings. The van der Waals surface area contributed by atoms with Crippen molar-refractivity contribution in [2.45, 2.75) is 13.0 Å². The minimum atomic E-state index is -0.327. The van der Waals surface area contributed by atoms with E-state index in [-0.39, 0.29) is 10.8 Å². The molecule has 0 aromatic carbocycles. The molecule has 1 rings (SSSR count). The van der Waals surface area contributed by atoms with Crippen molar-refractivity contribution in [1.82, 2.24) is 10.3 Å². The van der Waals surface area contributed by atoms with Gasteiger partial charge in [-0.25, -0.2) is 0 Å². The highest BCUT2D eigenvalue weighted by Crippen LogP contribution is 1.93. The third-order valence-corrected chi connectivity index (χ3v) is 2.15. The maximum Gasteiger partial charge on any atom is 0.304 e. The van der Waals surface area contributed by atoms with Gasteiger partial charge in [-0.3, -0.25) is 9.59 Å². The van der Waals surface area contributed by atoms with E-state index in [4.69, 9.17) is 5.73 Å². The lowest BCUT2D eigenvalue weighted by Crippen LogP contribution is -2.21. The number of aromatic nitrogens is 1. The minimum Gasteiger partial charge on any atom is -0.370 e. The van der Waals surface area contributed by atoms with Crippen LogP contribution in [-0.2, 0) is 11.3 Å². The Bertz CT molecular complexity index is 330. The van der Waals surface area contributed by atoms with Gasteiger partial charge in [0.25, 0.3) is 0 Å². The number of rotatable bonds is 5. The maximum atomic E-state index is 10.7. The summed E-state index contributed by atoms with van der Waals surface area (Å²) in [4.78, 5) is 23.6. The Morgan fingerprint density at radius 1 is 1.69 bits per heavy atom. The van der Waals surface area contributed by atoms with E-state index in [1.807, 2.05) is 0 Å². The topological polar surface area (TPSA) is 88.0 Å². The van der Waals surface area contributed by atoms with E-state index < -0.39 is 0 Å². The molecule has 0 radical (unpaired) electrons. The van der Waals surface area contributed by atoms with Crippen molar-refractivity contribution in [2.75, 3.05) is 6.54 Å². The molecule has 1 aromatic heterocycles. The largest absolute Gasteiger partial charge is 0.370 e. The predicted molar refractivity (Wildman–Crippen MR) is 50.5 cm³/mol. The molecule has 0 aliphatic carbocycles. The van der Waals surface area contributed by atoms with Crippen LogP contribution in [0.5, 0.6) is 0 Å². The SMILES string of the molecule is NC(=O)CCNCc1csc(=O)[nH]1. The second-order valence-corrected chi connectivity index (χ2v) is 3.41. The summed E-state index contributed by atoms with van der Waals surface area (Å²) >= 11 is 1.13. The molecule has 1 amide bonds. The number of hydrogen-bond donors (Lipinski definition) is 3. The second kappa shape index (κ2) is 4.78. The van der Waals surface area contributed by atoms with Crippen molar-refractivity contribution < 1.29 is 4.79 Å². The van der Waals surface area contributed by atoms with Crippen molar-refractivity contribution in [3.63, 3.8) is 0 Å². The fraction of sp³-hybridized carbons (Fsp3) is 0.429. The van der Waals surface area contributed by atoms with E-state index in [0.717, 1.165) is 17.0 Å². The van der Waals surface area contributed by atoms with E-state index in [1.165, 1.54) is 0 Å². The number of carbonyl (C=O) groups is 1. The number of nitrogens with two attached hydrogens (primary N) is 1. The zero-order valence-corrected chi connectivity index (χ0v) is 7.82. The van der Waals surface area contributed by atoms with Crippen LogP contribution < -0.4 is 15.9 Å². The minimum absolute atomic E-state index is 0.0632. The average molecular weight is 201 g/mol. The first kappa shape index (κ1) is 9.94. The number of thiazole rings is 1. The molecule has 0 bridgehead atoms. The summed E-state index contributed by atoms with van der Waals surface area (Å²) in [6, 6.07) is 0. The van der Waals surface area contributed by atoms with Crippen LogP contribution in [0.1, 0.15) is 12.1 Å². The van der Waals surface area contributed by atoms with Gasteiger partial charge in [0.2, 0.25) is 5.91 Å². The van der Waals surface area contributed by atoms with Gasteiger partial charge in [0, 0.05) is 30.6 Å². The maximum absolute atomic E-state index is 10.7. The first-order valence-corrected chi connectivity index (χ1v) is 4.72. The third-order valence-electron chi connectivity index (χ3n) is 1.43. The van der Waals surface area contributed by atoms with Gasteiger partial charge in [0.15, 0.2) is 0 Å². The number of amides is 1. The third kappa shape index (κ3) is 3.86. The Morgan fingerprint density at radius 3 is 3.00 bits per heavy atom. The van der Waals surface area contributed by atoms with Crippen LogP contribution in [0, 0.1) is 0 Å². The molecule has 0 saturated heterocycles. The average Bonchev–Trinajstić information content (AvgIpc) is 2.45. The zero-order valence-electron chi connectivity index (χ0n) is 7.00. The summed E-state index contributed by atoms with van der Waals surface area (Å²) in [6.45, 7) is 1.10. The summed E-state index contributed by atoms with van der Waals surface area (Å²) in [5, 5.41) is 4.73.